The van der Waals surface area contributed by atoms with Gasteiger partial charge < -0.3 is 38.7 Å². The van der Waals surface area contributed by atoms with Gasteiger partial charge in [0, 0.05) is 61.0 Å². The molecule has 0 radical (unpaired) electrons. The third-order valence-electron chi connectivity index (χ3n) is 9.46. The van der Waals surface area contributed by atoms with Crippen molar-refractivity contribution in [1.29, 1.82) is 0 Å². The standard InChI is InChI=1S/C41H39N5O8/c1-45-23-27(18-34(45)41(50)52-3)25-8-14-30(15-9-25)44-39(48)37-19-28(24-54-37)26-10-12-29(13-11-26)43-38(47)7-5-17-53-36-21-33-32(20-35(36)51-2)40(49)46-16-4-6-31(46)22-42-33/h8-15,18-24,31H,4-7,16-17H2,1-3H3,(H,43,47)(H,44,48)/t31-/m0/s1. The SMILES string of the molecule is COC(=O)c1cc(-c2ccc(NC(=O)c3cc(-c4ccc(NC(=O)CCCOc5cc6c(cc5OC)C(=O)N5CCC[C@H]5C=N6)cc4)co3)cc2)cn1C. The number of nitrogens with zero attached hydrogens (tertiary/aromatic N) is 3. The molecule has 0 aliphatic carbocycles. The summed E-state index contributed by atoms with van der Waals surface area (Å²) in [6.45, 7) is 0.980. The topological polar surface area (TPSA) is 154 Å². The zero-order chi connectivity index (χ0) is 37.8. The average molecular weight is 730 g/mol. The molecule has 1 fully saturated rings. The molecular weight excluding hydrogens is 690 g/mol. The van der Waals surface area contributed by atoms with Crippen LogP contribution in [-0.2, 0) is 16.6 Å². The molecule has 4 heterocycles. The minimum atomic E-state index is -0.417. The van der Waals surface area contributed by atoms with Crippen molar-refractivity contribution in [1.82, 2.24) is 9.47 Å². The molecule has 2 aliphatic rings. The fourth-order valence-corrected chi connectivity index (χ4v) is 6.58. The quantitative estimate of drug-likeness (QED) is 0.102. The molecule has 1 saturated heterocycles. The predicted molar refractivity (Wildman–Crippen MR) is 203 cm³/mol. The van der Waals surface area contributed by atoms with Crippen LogP contribution < -0.4 is 20.1 Å². The second kappa shape index (κ2) is 15.5. The van der Waals surface area contributed by atoms with Gasteiger partial charge in [0.25, 0.3) is 11.8 Å². The minimum Gasteiger partial charge on any atom is -0.493 e. The molecule has 3 aromatic carbocycles. The second-order valence-corrected chi connectivity index (χ2v) is 13.0. The normalized spacial score (nSPS) is 14.5. The number of ether oxygens (including phenoxy) is 3. The van der Waals surface area contributed by atoms with Crippen LogP contribution in [0.3, 0.4) is 0 Å². The third-order valence-corrected chi connectivity index (χ3v) is 9.46. The number of furan rings is 1. The predicted octanol–water partition coefficient (Wildman–Crippen LogP) is 7.12. The van der Waals surface area contributed by atoms with Crippen LogP contribution in [0.4, 0.5) is 17.1 Å². The molecule has 54 heavy (non-hydrogen) atoms. The number of aryl methyl sites for hydroxylation is 1. The number of carbonyl (C=O) groups is 4. The number of anilines is 2. The number of nitrogens with one attached hydrogen (secondary N) is 2. The van der Waals surface area contributed by atoms with E-state index < -0.39 is 11.9 Å². The van der Waals surface area contributed by atoms with Gasteiger partial charge in [0.15, 0.2) is 17.3 Å². The van der Waals surface area contributed by atoms with Gasteiger partial charge in [-0.25, -0.2) is 4.79 Å². The number of hydrogen-bond acceptors (Lipinski definition) is 9. The van der Waals surface area contributed by atoms with Crippen molar-refractivity contribution in [2.75, 3.05) is 38.0 Å². The number of aromatic nitrogens is 1. The summed E-state index contributed by atoms with van der Waals surface area (Å²) in [6, 6.07) is 21.3. The monoisotopic (exact) mass is 729 g/mol. The van der Waals surface area contributed by atoms with E-state index in [0.717, 1.165) is 29.5 Å². The number of carbonyl (C=O) groups excluding carboxylic acids is 4. The largest absolute Gasteiger partial charge is 0.493 e. The Hall–Kier alpha value is -6.63. The lowest BCUT2D eigenvalue weighted by Crippen LogP contribution is -2.35. The van der Waals surface area contributed by atoms with Crippen LogP contribution >= 0.6 is 0 Å². The molecule has 2 aliphatic heterocycles. The van der Waals surface area contributed by atoms with Crippen molar-refractivity contribution in [3.63, 3.8) is 0 Å². The van der Waals surface area contributed by atoms with Crippen LogP contribution in [0, 0.1) is 0 Å². The van der Waals surface area contributed by atoms with Gasteiger partial charge in [-0.05, 0) is 72.9 Å². The summed E-state index contributed by atoms with van der Waals surface area (Å²) in [5.41, 5.74) is 5.92. The number of benzene rings is 3. The minimum absolute atomic E-state index is 0.0112. The maximum Gasteiger partial charge on any atom is 0.354 e. The highest BCUT2D eigenvalue weighted by molar-refractivity contribution is 6.04. The molecule has 13 nitrogen and oxygen atoms in total. The Kier molecular flexibility index (Phi) is 10.3. The molecule has 2 aromatic heterocycles. The summed E-state index contributed by atoms with van der Waals surface area (Å²) in [7, 11) is 4.64. The van der Waals surface area contributed by atoms with E-state index in [2.05, 4.69) is 15.6 Å². The number of methoxy groups -OCH3 is 2. The van der Waals surface area contributed by atoms with Crippen LogP contribution in [0.2, 0.25) is 0 Å². The van der Waals surface area contributed by atoms with Gasteiger partial charge in [0.05, 0.1) is 44.4 Å². The van der Waals surface area contributed by atoms with E-state index in [1.807, 2.05) is 41.6 Å². The van der Waals surface area contributed by atoms with E-state index >= 15 is 0 Å². The lowest BCUT2D eigenvalue weighted by atomic mass is 10.1. The first kappa shape index (κ1) is 35.8. The van der Waals surface area contributed by atoms with E-state index in [1.165, 1.54) is 20.5 Å². The molecule has 13 heteroatoms. The first-order valence-corrected chi connectivity index (χ1v) is 17.6. The first-order chi connectivity index (χ1) is 26.2. The summed E-state index contributed by atoms with van der Waals surface area (Å²) in [6.07, 6.45) is 7.72. The van der Waals surface area contributed by atoms with Crippen molar-refractivity contribution < 1.29 is 37.8 Å². The summed E-state index contributed by atoms with van der Waals surface area (Å²) in [5.74, 6) is 0.00912. The van der Waals surface area contributed by atoms with Crippen molar-refractivity contribution in [2.45, 2.75) is 31.7 Å². The third kappa shape index (κ3) is 7.61. The van der Waals surface area contributed by atoms with Crippen LogP contribution in [0.5, 0.6) is 11.5 Å². The van der Waals surface area contributed by atoms with Crippen LogP contribution in [0.15, 0.2) is 94.7 Å². The number of amides is 3. The number of esters is 1. The Labute approximate surface area is 311 Å². The number of fused-ring (bicyclic) bond motifs is 2. The lowest BCUT2D eigenvalue weighted by molar-refractivity contribution is -0.116. The Morgan fingerprint density at radius 1 is 0.889 bits per heavy atom. The number of rotatable bonds is 12. The summed E-state index contributed by atoms with van der Waals surface area (Å²) < 4.78 is 23.6. The molecule has 0 bridgehead atoms. The van der Waals surface area contributed by atoms with Gasteiger partial charge in [-0.15, -0.1) is 0 Å². The van der Waals surface area contributed by atoms with Gasteiger partial charge >= 0.3 is 5.97 Å². The van der Waals surface area contributed by atoms with Crippen molar-refractivity contribution in [2.24, 2.45) is 12.0 Å². The summed E-state index contributed by atoms with van der Waals surface area (Å²) >= 11 is 0. The van der Waals surface area contributed by atoms with E-state index in [4.69, 9.17) is 18.6 Å². The molecule has 276 valence electrons. The highest BCUT2D eigenvalue weighted by atomic mass is 16.5. The second-order valence-electron chi connectivity index (χ2n) is 13.0. The highest BCUT2D eigenvalue weighted by Crippen LogP contribution is 2.38. The van der Waals surface area contributed by atoms with E-state index in [9.17, 15) is 19.2 Å². The molecule has 0 unspecified atom stereocenters. The van der Waals surface area contributed by atoms with Crippen LogP contribution in [-0.4, -0.2) is 72.8 Å². The molecule has 0 saturated carbocycles. The molecule has 0 spiro atoms. The van der Waals surface area contributed by atoms with Crippen LogP contribution in [0.1, 0.15) is 57.1 Å². The van der Waals surface area contributed by atoms with Crippen LogP contribution in [0.25, 0.3) is 22.3 Å². The van der Waals surface area contributed by atoms with E-state index in [-0.39, 0.29) is 36.6 Å². The summed E-state index contributed by atoms with van der Waals surface area (Å²) in [5, 5.41) is 5.74. The van der Waals surface area contributed by atoms with Gasteiger partial charge in [0.2, 0.25) is 5.91 Å². The van der Waals surface area contributed by atoms with E-state index in [0.29, 0.717) is 58.3 Å². The first-order valence-electron chi connectivity index (χ1n) is 17.6. The number of hydrogen-bond donors (Lipinski definition) is 2. The fourth-order valence-electron chi connectivity index (χ4n) is 6.58. The molecule has 5 aromatic rings. The summed E-state index contributed by atoms with van der Waals surface area (Å²) in [4.78, 5) is 57.1. The number of aliphatic imine (C=N–C) groups is 1. The maximum absolute atomic E-state index is 13.1. The zero-order valence-corrected chi connectivity index (χ0v) is 30.1. The van der Waals surface area contributed by atoms with Gasteiger partial charge in [0.1, 0.15) is 5.69 Å². The smallest absolute Gasteiger partial charge is 0.354 e. The van der Waals surface area contributed by atoms with E-state index in [1.54, 1.807) is 60.1 Å². The van der Waals surface area contributed by atoms with Crippen molar-refractivity contribution in [3.8, 4) is 33.8 Å². The molecule has 3 amide bonds. The fraction of sp³-hybridized carbons (Fsp3) is 0.244. The molecule has 2 N–H and O–H groups in total. The average Bonchev–Trinajstić information content (AvgIpc) is 3.95. The Morgan fingerprint density at radius 3 is 2.33 bits per heavy atom. The zero-order valence-electron chi connectivity index (χ0n) is 30.1. The molecular formula is C41H39N5O8. The lowest BCUT2D eigenvalue weighted by Gasteiger charge is -2.20. The Morgan fingerprint density at radius 2 is 1.61 bits per heavy atom. The molecule has 1 atom stereocenters. The Balaban J connectivity index is 0.884. The van der Waals surface area contributed by atoms with Gasteiger partial charge in [-0.2, -0.15) is 0 Å². The highest BCUT2D eigenvalue weighted by Gasteiger charge is 2.32. The Bertz CT molecular complexity index is 2240. The van der Waals surface area contributed by atoms with Crippen molar-refractivity contribution in [3.05, 3.63) is 102 Å². The van der Waals surface area contributed by atoms with Gasteiger partial charge in [-0.1, -0.05) is 24.3 Å². The maximum atomic E-state index is 13.1. The molecule has 7 rings (SSSR count). The van der Waals surface area contributed by atoms with Crippen molar-refractivity contribution >= 4 is 47.0 Å². The van der Waals surface area contributed by atoms with Gasteiger partial charge in [-0.3, -0.25) is 19.4 Å².